The van der Waals surface area contributed by atoms with E-state index in [2.05, 4.69) is 16.7 Å². The number of ether oxygens (including phenoxy) is 1. The van der Waals surface area contributed by atoms with Crippen LogP contribution in [0.2, 0.25) is 0 Å². The van der Waals surface area contributed by atoms with E-state index >= 15 is 0 Å². The third kappa shape index (κ3) is 2.70. The smallest absolute Gasteiger partial charge is 0.171 e. The van der Waals surface area contributed by atoms with Crippen LogP contribution in [-0.4, -0.2) is 22.6 Å². The van der Waals surface area contributed by atoms with Crippen molar-refractivity contribution in [1.82, 2.24) is 4.98 Å². The van der Waals surface area contributed by atoms with Gasteiger partial charge in [-0.1, -0.05) is 11.7 Å². The number of aromatic nitrogens is 1. The molecule has 1 aromatic heterocycles. The zero-order chi connectivity index (χ0) is 11.3. The van der Waals surface area contributed by atoms with Gasteiger partial charge in [0.2, 0.25) is 0 Å². The van der Waals surface area contributed by atoms with E-state index in [0.29, 0.717) is 23.6 Å². The minimum absolute atomic E-state index is 0.0241. The molecule has 0 spiro atoms. The first-order chi connectivity index (χ1) is 7.19. The summed E-state index contributed by atoms with van der Waals surface area (Å²) in [5.74, 6) is 0.527. The van der Waals surface area contributed by atoms with Gasteiger partial charge in [0.1, 0.15) is 11.5 Å². The van der Waals surface area contributed by atoms with Gasteiger partial charge in [-0.15, -0.1) is 0 Å². The molecule has 80 valence electrons. The zero-order valence-electron chi connectivity index (χ0n) is 8.47. The van der Waals surface area contributed by atoms with E-state index in [1.54, 1.807) is 12.1 Å². The molecule has 0 radical (unpaired) electrons. The van der Waals surface area contributed by atoms with Crippen LogP contribution >= 0.6 is 0 Å². The highest BCUT2D eigenvalue weighted by molar-refractivity contribution is 5.96. The molecule has 0 unspecified atom stereocenters. The summed E-state index contributed by atoms with van der Waals surface area (Å²) < 4.78 is 5.19. The Morgan fingerprint density at radius 3 is 2.87 bits per heavy atom. The highest BCUT2D eigenvalue weighted by Gasteiger charge is 2.03. The zero-order valence-corrected chi connectivity index (χ0v) is 8.47. The van der Waals surface area contributed by atoms with E-state index < -0.39 is 0 Å². The van der Waals surface area contributed by atoms with Gasteiger partial charge in [-0.3, -0.25) is 4.98 Å². The highest BCUT2D eigenvalue weighted by Crippen LogP contribution is 2.10. The predicted octanol–water partition coefficient (Wildman–Crippen LogP) is 1.18. The Hall–Kier alpha value is -2.04. The SMILES string of the molecule is C=C(OCC)c1ccc(C(N)=NO)cn1. The van der Waals surface area contributed by atoms with Gasteiger partial charge in [-0.25, -0.2) is 0 Å². The molecule has 5 heteroatoms. The van der Waals surface area contributed by atoms with Crippen molar-refractivity contribution in [1.29, 1.82) is 0 Å². The van der Waals surface area contributed by atoms with Crippen molar-refractivity contribution in [3.8, 4) is 0 Å². The van der Waals surface area contributed by atoms with Crippen molar-refractivity contribution in [3.63, 3.8) is 0 Å². The van der Waals surface area contributed by atoms with Gasteiger partial charge in [-0.05, 0) is 19.1 Å². The van der Waals surface area contributed by atoms with Gasteiger partial charge in [0.15, 0.2) is 5.84 Å². The molecular formula is C10H13N3O2. The van der Waals surface area contributed by atoms with Crippen molar-refractivity contribution in [2.24, 2.45) is 10.9 Å². The maximum atomic E-state index is 8.44. The Bertz CT molecular complexity index is 371. The van der Waals surface area contributed by atoms with Gasteiger partial charge in [0.05, 0.1) is 6.61 Å². The summed E-state index contributed by atoms with van der Waals surface area (Å²) in [6.45, 7) is 6.13. The summed E-state index contributed by atoms with van der Waals surface area (Å²) in [6.07, 6.45) is 1.49. The highest BCUT2D eigenvalue weighted by atomic mass is 16.5. The largest absolute Gasteiger partial charge is 0.492 e. The first-order valence-corrected chi connectivity index (χ1v) is 4.45. The molecule has 0 aliphatic heterocycles. The van der Waals surface area contributed by atoms with E-state index in [1.165, 1.54) is 6.20 Å². The molecule has 0 fully saturated rings. The lowest BCUT2D eigenvalue weighted by atomic mass is 10.2. The predicted molar refractivity (Wildman–Crippen MR) is 57.4 cm³/mol. The second-order valence-electron chi connectivity index (χ2n) is 2.77. The minimum Gasteiger partial charge on any atom is -0.492 e. The Balaban J connectivity index is 2.85. The number of rotatable bonds is 4. The fraction of sp³-hybridized carbons (Fsp3) is 0.200. The normalized spacial score (nSPS) is 11.1. The number of pyridine rings is 1. The molecule has 0 saturated heterocycles. The number of nitrogens with two attached hydrogens (primary N) is 1. The van der Waals surface area contributed by atoms with Gasteiger partial charge in [-0.2, -0.15) is 0 Å². The molecule has 0 aliphatic carbocycles. The van der Waals surface area contributed by atoms with Gasteiger partial charge < -0.3 is 15.7 Å². The number of oxime groups is 1. The second kappa shape index (κ2) is 4.99. The lowest BCUT2D eigenvalue weighted by Crippen LogP contribution is -2.13. The Morgan fingerprint density at radius 1 is 1.67 bits per heavy atom. The lowest BCUT2D eigenvalue weighted by Gasteiger charge is -2.06. The van der Waals surface area contributed by atoms with Crippen LogP contribution in [-0.2, 0) is 4.74 Å². The molecule has 0 amide bonds. The van der Waals surface area contributed by atoms with Crippen LogP contribution in [0.4, 0.5) is 0 Å². The van der Waals surface area contributed by atoms with Crippen LogP contribution in [0.15, 0.2) is 30.1 Å². The monoisotopic (exact) mass is 207 g/mol. The van der Waals surface area contributed by atoms with Crippen molar-refractivity contribution < 1.29 is 9.94 Å². The van der Waals surface area contributed by atoms with Crippen LogP contribution in [0.3, 0.4) is 0 Å². The molecule has 1 heterocycles. The number of hydrogen-bond donors (Lipinski definition) is 2. The fourth-order valence-electron chi connectivity index (χ4n) is 1.02. The van der Waals surface area contributed by atoms with Gasteiger partial charge >= 0.3 is 0 Å². The molecule has 5 nitrogen and oxygen atoms in total. The Morgan fingerprint density at radius 2 is 2.40 bits per heavy atom. The third-order valence-electron chi connectivity index (χ3n) is 1.77. The average molecular weight is 207 g/mol. The van der Waals surface area contributed by atoms with E-state index in [1.807, 2.05) is 6.92 Å². The third-order valence-corrected chi connectivity index (χ3v) is 1.77. The molecule has 0 atom stereocenters. The average Bonchev–Trinajstić information content (AvgIpc) is 2.28. The quantitative estimate of drug-likeness (QED) is 0.255. The molecule has 3 N–H and O–H groups in total. The van der Waals surface area contributed by atoms with Crippen molar-refractivity contribution in [2.45, 2.75) is 6.92 Å². The van der Waals surface area contributed by atoms with Crippen LogP contribution in [0.25, 0.3) is 5.76 Å². The van der Waals surface area contributed by atoms with Crippen molar-refractivity contribution >= 4 is 11.6 Å². The first-order valence-electron chi connectivity index (χ1n) is 4.45. The molecule has 0 saturated carbocycles. The van der Waals surface area contributed by atoms with E-state index in [4.69, 9.17) is 15.7 Å². The summed E-state index contributed by atoms with van der Waals surface area (Å²) in [5.41, 5.74) is 6.56. The van der Waals surface area contributed by atoms with Gasteiger partial charge in [0, 0.05) is 11.8 Å². The molecular weight excluding hydrogens is 194 g/mol. The maximum Gasteiger partial charge on any atom is 0.171 e. The van der Waals surface area contributed by atoms with E-state index in [-0.39, 0.29) is 5.84 Å². The van der Waals surface area contributed by atoms with Crippen molar-refractivity contribution in [2.75, 3.05) is 6.61 Å². The first kappa shape index (κ1) is 11.0. The number of nitrogens with zero attached hydrogens (tertiary/aromatic N) is 2. The molecule has 0 aliphatic rings. The van der Waals surface area contributed by atoms with Crippen LogP contribution in [0, 0.1) is 0 Å². The Kier molecular flexibility index (Phi) is 3.68. The van der Waals surface area contributed by atoms with E-state index in [0.717, 1.165) is 0 Å². The fourth-order valence-corrected chi connectivity index (χ4v) is 1.02. The summed E-state index contributed by atoms with van der Waals surface area (Å²) in [5, 5.41) is 11.3. The van der Waals surface area contributed by atoms with Crippen LogP contribution in [0.5, 0.6) is 0 Å². The molecule has 0 bridgehead atoms. The molecule has 1 aromatic rings. The Labute approximate surface area is 87.9 Å². The molecule has 1 rings (SSSR count). The molecule has 15 heavy (non-hydrogen) atoms. The summed E-state index contributed by atoms with van der Waals surface area (Å²) in [7, 11) is 0. The second-order valence-corrected chi connectivity index (χ2v) is 2.77. The number of hydrogen-bond acceptors (Lipinski definition) is 4. The summed E-state index contributed by atoms with van der Waals surface area (Å²) in [4.78, 5) is 4.07. The lowest BCUT2D eigenvalue weighted by molar-refractivity contribution is 0.298. The van der Waals surface area contributed by atoms with Crippen LogP contribution in [0.1, 0.15) is 18.2 Å². The number of amidine groups is 1. The van der Waals surface area contributed by atoms with Gasteiger partial charge in [0.25, 0.3) is 0 Å². The topological polar surface area (TPSA) is 80.7 Å². The summed E-state index contributed by atoms with van der Waals surface area (Å²) >= 11 is 0. The molecule has 0 aromatic carbocycles. The standard InChI is InChI=1S/C10H13N3O2/c1-3-15-7(2)9-5-4-8(6-12-9)10(11)13-14/h4-6,14H,2-3H2,1H3,(H2,11,13). The maximum absolute atomic E-state index is 8.44. The van der Waals surface area contributed by atoms with Crippen molar-refractivity contribution in [3.05, 3.63) is 36.2 Å². The van der Waals surface area contributed by atoms with Crippen LogP contribution < -0.4 is 5.73 Å². The minimum atomic E-state index is 0.0241. The van der Waals surface area contributed by atoms with E-state index in [9.17, 15) is 0 Å². The summed E-state index contributed by atoms with van der Waals surface area (Å²) in [6, 6.07) is 3.38.